The van der Waals surface area contributed by atoms with Crippen molar-refractivity contribution in [3.05, 3.63) is 53.6 Å². The second-order valence-corrected chi connectivity index (χ2v) is 7.51. The molecule has 2 aliphatic heterocycles. The third-order valence-electron chi connectivity index (χ3n) is 5.40. The number of carbonyl (C=O) groups is 3. The fraction of sp³-hybridized carbons (Fsp3) is 0.318. The van der Waals surface area contributed by atoms with Gasteiger partial charge in [-0.05, 0) is 24.6 Å². The molecule has 0 aromatic heterocycles. The molecular formula is C22H23N5O5. The van der Waals surface area contributed by atoms with Crippen LogP contribution in [0.1, 0.15) is 11.1 Å². The molecule has 1 fully saturated rings. The summed E-state index contributed by atoms with van der Waals surface area (Å²) in [5.41, 5.74) is 2.43. The maximum Gasteiger partial charge on any atom is 0.263 e. The quantitative estimate of drug-likeness (QED) is 0.659. The van der Waals surface area contributed by atoms with E-state index in [2.05, 4.69) is 15.7 Å². The molecule has 0 unspecified atom stereocenters. The van der Waals surface area contributed by atoms with E-state index in [1.807, 2.05) is 31.2 Å². The smallest absolute Gasteiger partial charge is 0.263 e. The van der Waals surface area contributed by atoms with E-state index in [1.54, 1.807) is 18.2 Å². The minimum absolute atomic E-state index is 0.185. The third-order valence-corrected chi connectivity index (χ3v) is 5.40. The number of rotatable bonds is 7. The topological polar surface area (TPSA) is 113 Å². The lowest BCUT2D eigenvalue weighted by atomic mass is 10.1. The molecule has 166 valence electrons. The van der Waals surface area contributed by atoms with Gasteiger partial charge in [-0.3, -0.25) is 19.4 Å². The molecule has 0 bridgehead atoms. The van der Waals surface area contributed by atoms with Crippen molar-refractivity contribution in [1.29, 1.82) is 0 Å². The Morgan fingerprint density at radius 2 is 1.75 bits per heavy atom. The van der Waals surface area contributed by atoms with Crippen molar-refractivity contribution in [2.24, 2.45) is 10.3 Å². The zero-order valence-corrected chi connectivity index (χ0v) is 17.9. The molecule has 2 atom stereocenters. The first kappa shape index (κ1) is 21.3. The van der Waals surface area contributed by atoms with Crippen molar-refractivity contribution >= 4 is 23.4 Å². The van der Waals surface area contributed by atoms with Crippen molar-refractivity contribution in [2.75, 3.05) is 25.7 Å². The average molecular weight is 437 g/mol. The van der Waals surface area contributed by atoms with Crippen molar-refractivity contribution in [1.82, 2.24) is 10.3 Å². The molecule has 10 heteroatoms. The highest BCUT2D eigenvalue weighted by atomic mass is 16.5. The van der Waals surface area contributed by atoms with E-state index in [1.165, 1.54) is 19.2 Å². The summed E-state index contributed by atoms with van der Waals surface area (Å²) in [6, 6.07) is 10.6. The third kappa shape index (κ3) is 3.86. The highest BCUT2D eigenvalue weighted by Crippen LogP contribution is 2.36. The molecule has 32 heavy (non-hydrogen) atoms. The van der Waals surface area contributed by atoms with Crippen LogP contribution in [0, 0.1) is 6.92 Å². The van der Waals surface area contributed by atoms with Crippen LogP contribution in [-0.2, 0) is 20.9 Å². The minimum Gasteiger partial charge on any atom is -0.493 e. The number of fused-ring (bicyclic) bond motifs is 1. The number of ether oxygens (including phenoxy) is 2. The van der Waals surface area contributed by atoms with Crippen molar-refractivity contribution < 1.29 is 23.9 Å². The van der Waals surface area contributed by atoms with Crippen LogP contribution in [0.3, 0.4) is 0 Å². The first-order chi connectivity index (χ1) is 15.4. The van der Waals surface area contributed by atoms with Gasteiger partial charge >= 0.3 is 0 Å². The maximum atomic E-state index is 13.1. The maximum absolute atomic E-state index is 13.1. The molecule has 3 amide bonds. The second kappa shape index (κ2) is 8.66. The number of aryl methyl sites for hydroxylation is 1. The number of hydrogen-bond donors (Lipinski definition) is 1. The Morgan fingerprint density at radius 3 is 2.44 bits per heavy atom. The monoisotopic (exact) mass is 437 g/mol. The van der Waals surface area contributed by atoms with Gasteiger partial charge in [0.15, 0.2) is 23.6 Å². The van der Waals surface area contributed by atoms with Gasteiger partial charge in [-0.15, -0.1) is 0 Å². The lowest BCUT2D eigenvalue weighted by Gasteiger charge is -2.20. The fourth-order valence-corrected chi connectivity index (χ4v) is 3.68. The summed E-state index contributed by atoms with van der Waals surface area (Å²) in [7, 11) is 2.96. The Hall–Kier alpha value is -3.95. The van der Waals surface area contributed by atoms with Gasteiger partial charge in [0.25, 0.3) is 11.8 Å². The molecule has 10 nitrogen and oxygen atoms in total. The number of methoxy groups -OCH3 is 2. The highest BCUT2D eigenvalue weighted by molar-refractivity contribution is 6.25. The Labute approximate surface area is 184 Å². The van der Waals surface area contributed by atoms with Gasteiger partial charge in [0.1, 0.15) is 6.54 Å². The normalized spacial score (nSPS) is 19.3. The number of amides is 3. The van der Waals surface area contributed by atoms with Gasteiger partial charge in [0, 0.05) is 12.6 Å². The summed E-state index contributed by atoms with van der Waals surface area (Å²) in [6.07, 6.45) is 0. The first-order valence-electron chi connectivity index (χ1n) is 10.0. The summed E-state index contributed by atoms with van der Waals surface area (Å²) < 4.78 is 10.5. The Balaban J connectivity index is 1.44. The molecule has 2 aromatic rings. The van der Waals surface area contributed by atoms with E-state index >= 15 is 0 Å². The largest absolute Gasteiger partial charge is 0.493 e. The van der Waals surface area contributed by atoms with E-state index < -0.39 is 23.9 Å². The number of hydrogen-bond acceptors (Lipinski definition) is 8. The predicted molar refractivity (Wildman–Crippen MR) is 114 cm³/mol. The number of imide groups is 1. The summed E-state index contributed by atoms with van der Waals surface area (Å²) in [6.45, 7) is 2.15. The molecule has 0 saturated carbocycles. The molecule has 2 heterocycles. The van der Waals surface area contributed by atoms with E-state index in [9.17, 15) is 14.4 Å². The Morgan fingerprint density at radius 1 is 1.03 bits per heavy atom. The SMILES string of the molecule is COc1ccc(N2C(=O)[C@@H]3N=NN(CC(=O)NCc4ccc(C)cc4)[C@H]3C2=O)cc1OC. The fourth-order valence-electron chi connectivity index (χ4n) is 3.68. The van der Waals surface area contributed by atoms with Crippen LogP contribution >= 0.6 is 0 Å². The van der Waals surface area contributed by atoms with E-state index in [4.69, 9.17) is 9.47 Å². The minimum atomic E-state index is -0.986. The number of nitrogens with one attached hydrogen (secondary N) is 1. The summed E-state index contributed by atoms with van der Waals surface area (Å²) in [4.78, 5) is 39.4. The van der Waals surface area contributed by atoms with Gasteiger partial charge < -0.3 is 14.8 Å². The highest BCUT2D eigenvalue weighted by Gasteiger charge is 2.55. The van der Waals surface area contributed by atoms with Crippen LogP contribution in [0.25, 0.3) is 0 Å². The molecular weight excluding hydrogens is 414 g/mol. The van der Waals surface area contributed by atoms with Crippen molar-refractivity contribution in [3.63, 3.8) is 0 Å². The van der Waals surface area contributed by atoms with Crippen LogP contribution in [0.5, 0.6) is 11.5 Å². The van der Waals surface area contributed by atoms with Gasteiger partial charge in [0.2, 0.25) is 5.91 Å². The standard InChI is InChI=1S/C22H23N5O5/c1-13-4-6-14(7-5-13)11-23-18(28)12-26-20-19(24-25-26)21(29)27(22(20)30)15-8-9-16(31-2)17(10-15)32-3/h4-10,19-20H,11-12H2,1-3H3,(H,23,28)/t19-,20-/m1/s1. The molecule has 2 aromatic carbocycles. The zero-order chi connectivity index (χ0) is 22.8. The number of nitrogens with zero attached hydrogens (tertiary/aromatic N) is 4. The summed E-state index contributed by atoms with van der Waals surface area (Å²) in [5, 5.41) is 11.9. The van der Waals surface area contributed by atoms with Gasteiger partial charge in [-0.25, -0.2) is 4.90 Å². The molecule has 0 aliphatic carbocycles. The van der Waals surface area contributed by atoms with Crippen molar-refractivity contribution in [2.45, 2.75) is 25.6 Å². The summed E-state index contributed by atoms with van der Waals surface area (Å²) >= 11 is 0. The van der Waals surface area contributed by atoms with Crippen LogP contribution < -0.4 is 19.7 Å². The number of benzene rings is 2. The molecule has 4 rings (SSSR count). The molecule has 0 radical (unpaired) electrons. The van der Waals surface area contributed by atoms with Gasteiger partial charge in [0.05, 0.1) is 19.9 Å². The van der Waals surface area contributed by atoms with Crippen molar-refractivity contribution in [3.8, 4) is 11.5 Å². The van der Waals surface area contributed by atoms with Gasteiger partial charge in [-0.1, -0.05) is 35.1 Å². The summed E-state index contributed by atoms with van der Waals surface area (Å²) in [5.74, 6) is -0.462. The first-order valence-corrected chi connectivity index (χ1v) is 10.0. The lowest BCUT2D eigenvalue weighted by Crippen LogP contribution is -2.44. The number of carbonyl (C=O) groups excluding carboxylic acids is 3. The van der Waals surface area contributed by atoms with E-state index in [0.717, 1.165) is 16.0 Å². The lowest BCUT2D eigenvalue weighted by molar-refractivity contribution is -0.125. The van der Waals surface area contributed by atoms with Crippen LogP contribution in [0.4, 0.5) is 5.69 Å². The second-order valence-electron chi connectivity index (χ2n) is 7.51. The number of anilines is 1. The molecule has 1 saturated heterocycles. The molecule has 1 N–H and O–H groups in total. The van der Waals surface area contributed by atoms with E-state index in [-0.39, 0.29) is 12.5 Å². The van der Waals surface area contributed by atoms with E-state index in [0.29, 0.717) is 23.7 Å². The molecule has 2 aliphatic rings. The van der Waals surface area contributed by atoms with Crippen LogP contribution in [-0.4, -0.2) is 55.6 Å². The zero-order valence-electron chi connectivity index (χ0n) is 17.9. The Bertz CT molecular complexity index is 1080. The predicted octanol–water partition coefficient (Wildman–Crippen LogP) is 1.62. The van der Waals surface area contributed by atoms with Crippen LogP contribution in [0.15, 0.2) is 52.8 Å². The molecule has 0 spiro atoms. The Kier molecular flexibility index (Phi) is 5.76. The average Bonchev–Trinajstić information content (AvgIpc) is 3.32. The van der Waals surface area contributed by atoms with Crippen LogP contribution in [0.2, 0.25) is 0 Å². The van der Waals surface area contributed by atoms with Gasteiger partial charge in [-0.2, -0.15) is 5.11 Å².